The summed E-state index contributed by atoms with van der Waals surface area (Å²) in [5.74, 6) is 0.683. The van der Waals surface area contributed by atoms with Crippen LogP contribution in [0.4, 0.5) is 0 Å². The largest absolute Gasteiger partial charge is 0.336 e. The van der Waals surface area contributed by atoms with Crippen molar-refractivity contribution in [1.29, 1.82) is 0 Å². The molecule has 0 bridgehead atoms. The number of carbonyl (C=O) groups excluding carboxylic acids is 1. The maximum atomic E-state index is 13.0. The topological polar surface area (TPSA) is 100 Å². The molecule has 166 valence electrons. The Kier molecular flexibility index (Phi) is 5.26. The maximum Gasteiger partial charge on any atom is 0.259 e. The molecule has 0 saturated carbocycles. The first-order chi connectivity index (χ1) is 15.4. The van der Waals surface area contributed by atoms with Crippen molar-refractivity contribution in [3.05, 3.63) is 50.4 Å². The summed E-state index contributed by atoms with van der Waals surface area (Å²) in [6.45, 7) is 10.0. The number of aromatic nitrogens is 5. The van der Waals surface area contributed by atoms with E-state index in [1.807, 2.05) is 48.6 Å². The second-order valence-corrected chi connectivity index (χ2v) is 9.36. The summed E-state index contributed by atoms with van der Waals surface area (Å²) in [6, 6.07) is 5.58. The van der Waals surface area contributed by atoms with Gasteiger partial charge in [0.1, 0.15) is 16.2 Å². The number of benzene rings is 1. The van der Waals surface area contributed by atoms with Crippen LogP contribution in [0.1, 0.15) is 33.5 Å². The van der Waals surface area contributed by atoms with Crippen LogP contribution in [0.3, 0.4) is 0 Å². The minimum atomic E-state index is -0.0731. The molecule has 1 aliphatic rings. The number of amides is 1. The van der Waals surface area contributed by atoms with Gasteiger partial charge in [-0.2, -0.15) is 0 Å². The SMILES string of the molecule is CCn1nnc2cc(C(=O)N3CCN(Cc4nc5sc(C)c(C)c5c(=O)[nH]4)CC3)ccc21. The number of rotatable bonds is 4. The Morgan fingerprint density at radius 2 is 1.97 bits per heavy atom. The number of H-pyrrole nitrogens is 1. The number of hydrogen-bond acceptors (Lipinski definition) is 7. The van der Waals surface area contributed by atoms with Gasteiger partial charge in [-0.05, 0) is 44.5 Å². The van der Waals surface area contributed by atoms with E-state index in [4.69, 9.17) is 0 Å². The van der Waals surface area contributed by atoms with E-state index < -0.39 is 0 Å². The van der Waals surface area contributed by atoms with E-state index >= 15 is 0 Å². The summed E-state index contributed by atoms with van der Waals surface area (Å²) in [6.07, 6.45) is 0. The van der Waals surface area contributed by atoms with Crippen molar-refractivity contribution >= 4 is 38.5 Å². The smallest absolute Gasteiger partial charge is 0.259 e. The molecule has 32 heavy (non-hydrogen) atoms. The van der Waals surface area contributed by atoms with Crippen LogP contribution in [-0.2, 0) is 13.1 Å². The molecule has 1 aliphatic heterocycles. The van der Waals surface area contributed by atoms with Crippen molar-refractivity contribution in [3.63, 3.8) is 0 Å². The molecule has 10 heteroatoms. The van der Waals surface area contributed by atoms with Gasteiger partial charge in [0, 0.05) is 43.2 Å². The van der Waals surface area contributed by atoms with Crippen molar-refractivity contribution in [2.45, 2.75) is 33.9 Å². The van der Waals surface area contributed by atoms with E-state index in [1.54, 1.807) is 11.3 Å². The lowest BCUT2D eigenvalue weighted by Crippen LogP contribution is -2.48. The molecule has 4 aromatic rings. The van der Waals surface area contributed by atoms with Crippen LogP contribution in [0.2, 0.25) is 0 Å². The summed E-state index contributed by atoms with van der Waals surface area (Å²) >= 11 is 1.56. The van der Waals surface area contributed by atoms with E-state index in [1.165, 1.54) is 0 Å². The Labute approximate surface area is 188 Å². The second kappa shape index (κ2) is 8.10. The van der Waals surface area contributed by atoms with E-state index in [2.05, 4.69) is 25.2 Å². The molecule has 1 saturated heterocycles. The van der Waals surface area contributed by atoms with Crippen LogP contribution in [-0.4, -0.2) is 66.8 Å². The van der Waals surface area contributed by atoms with Crippen LogP contribution in [0.5, 0.6) is 0 Å². The van der Waals surface area contributed by atoms with Gasteiger partial charge in [0.2, 0.25) is 0 Å². The predicted molar refractivity (Wildman–Crippen MR) is 124 cm³/mol. The van der Waals surface area contributed by atoms with E-state index in [0.717, 1.165) is 45.9 Å². The summed E-state index contributed by atoms with van der Waals surface area (Å²) in [5.41, 5.74) is 3.24. The maximum absolute atomic E-state index is 13.0. The molecule has 1 fully saturated rings. The molecular formula is C22H25N7O2S. The third-order valence-corrected chi connectivity index (χ3v) is 7.28. The number of nitrogens with one attached hydrogen (secondary N) is 1. The number of aryl methyl sites for hydroxylation is 3. The zero-order chi connectivity index (χ0) is 22.4. The van der Waals surface area contributed by atoms with Gasteiger partial charge in [0.15, 0.2) is 0 Å². The average Bonchev–Trinajstić information content (AvgIpc) is 3.33. The van der Waals surface area contributed by atoms with Gasteiger partial charge in [-0.3, -0.25) is 14.5 Å². The number of piperazine rings is 1. The molecule has 0 atom stereocenters. The minimum Gasteiger partial charge on any atom is -0.336 e. The number of aromatic amines is 1. The first kappa shape index (κ1) is 20.8. The monoisotopic (exact) mass is 451 g/mol. The van der Waals surface area contributed by atoms with Crippen LogP contribution in [0.15, 0.2) is 23.0 Å². The molecular weight excluding hydrogens is 426 g/mol. The standard InChI is InChI=1S/C22H25N7O2S/c1-4-29-17-6-5-15(11-16(17)25-26-29)22(31)28-9-7-27(8-10-28)12-18-23-20(30)19-13(2)14(3)32-21(19)24-18/h5-6,11H,4,7-10,12H2,1-3H3,(H,23,24,30). The van der Waals surface area contributed by atoms with Gasteiger partial charge in [0.05, 0.1) is 17.4 Å². The quantitative estimate of drug-likeness (QED) is 0.511. The fourth-order valence-electron chi connectivity index (χ4n) is 4.22. The van der Waals surface area contributed by atoms with Gasteiger partial charge >= 0.3 is 0 Å². The van der Waals surface area contributed by atoms with Gasteiger partial charge in [-0.25, -0.2) is 9.67 Å². The Balaban J connectivity index is 1.25. The average molecular weight is 452 g/mol. The van der Waals surface area contributed by atoms with Gasteiger partial charge < -0.3 is 9.88 Å². The third kappa shape index (κ3) is 3.59. The lowest BCUT2D eigenvalue weighted by atomic mass is 10.1. The second-order valence-electron chi connectivity index (χ2n) is 8.15. The van der Waals surface area contributed by atoms with Gasteiger partial charge in [-0.1, -0.05) is 5.21 Å². The molecule has 1 N–H and O–H groups in total. The molecule has 3 aromatic heterocycles. The number of nitrogens with zero attached hydrogens (tertiary/aromatic N) is 6. The summed E-state index contributed by atoms with van der Waals surface area (Å²) in [5, 5.41) is 8.98. The van der Waals surface area contributed by atoms with E-state index in [9.17, 15) is 9.59 Å². The van der Waals surface area contributed by atoms with Crippen molar-refractivity contribution < 1.29 is 4.79 Å². The Morgan fingerprint density at radius 3 is 2.72 bits per heavy atom. The fourth-order valence-corrected chi connectivity index (χ4v) is 5.27. The van der Waals surface area contributed by atoms with Crippen LogP contribution >= 0.6 is 11.3 Å². The Bertz CT molecular complexity index is 1380. The Hall–Kier alpha value is -3.11. The molecule has 5 rings (SSSR count). The molecule has 0 spiro atoms. The molecule has 4 heterocycles. The minimum absolute atomic E-state index is 0.00934. The molecule has 0 aliphatic carbocycles. The summed E-state index contributed by atoms with van der Waals surface area (Å²) in [7, 11) is 0. The zero-order valence-electron chi connectivity index (χ0n) is 18.4. The molecule has 1 amide bonds. The first-order valence-electron chi connectivity index (χ1n) is 10.8. The number of fused-ring (bicyclic) bond motifs is 2. The zero-order valence-corrected chi connectivity index (χ0v) is 19.2. The Morgan fingerprint density at radius 1 is 1.19 bits per heavy atom. The van der Waals surface area contributed by atoms with Crippen molar-refractivity contribution in [3.8, 4) is 0 Å². The lowest BCUT2D eigenvalue weighted by Gasteiger charge is -2.34. The van der Waals surface area contributed by atoms with Crippen molar-refractivity contribution in [2.24, 2.45) is 0 Å². The summed E-state index contributed by atoms with van der Waals surface area (Å²) in [4.78, 5) is 39.1. The first-order valence-corrected chi connectivity index (χ1v) is 11.6. The van der Waals surface area contributed by atoms with Crippen molar-refractivity contribution in [1.82, 2.24) is 34.8 Å². The number of carbonyl (C=O) groups is 1. The number of thiophene rings is 1. The van der Waals surface area contributed by atoms with Crippen LogP contribution in [0.25, 0.3) is 21.3 Å². The predicted octanol–water partition coefficient (Wildman–Crippen LogP) is 2.32. The highest BCUT2D eigenvalue weighted by atomic mass is 32.1. The van der Waals surface area contributed by atoms with Crippen LogP contribution < -0.4 is 5.56 Å². The highest BCUT2D eigenvalue weighted by molar-refractivity contribution is 7.18. The fraction of sp³-hybridized carbons (Fsp3) is 0.409. The molecule has 0 unspecified atom stereocenters. The molecule has 1 aromatic carbocycles. The summed E-state index contributed by atoms with van der Waals surface area (Å²) < 4.78 is 1.82. The molecule has 0 radical (unpaired) electrons. The van der Waals surface area contributed by atoms with Crippen LogP contribution in [0, 0.1) is 13.8 Å². The lowest BCUT2D eigenvalue weighted by molar-refractivity contribution is 0.0625. The highest BCUT2D eigenvalue weighted by Gasteiger charge is 2.23. The highest BCUT2D eigenvalue weighted by Crippen LogP contribution is 2.26. The van der Waals surface area contributed by atoms with Gasteiger partial charge in [-0.15, -0.1) is 16.4 Å². The van der Waals surface area contributed by atoms with Gasteiger partial charge in [0.25, 0.3) is 11.5 Å². The van der Waals surface area contributed by atoms with Crippen molar-refractivity contribution in [2.75, 3.05) is 26.2 Å². The number of hydrogen-bond donors (Lipinski definition) is 1. The van der Waals surface area contributed by atoms with E-state index in [-0.39, 0.29) is 11.5 Å². The normalized spacial score (nSPS) is 15.2. The molecule has 9 nitrogen and oxygen atoms in total. The third-order valence-electron chi connectivity index (χ3n) is 6.18. The van der Waals surface area contributed by atoms with E-state index in [0.29, 0.717) is 36.4 Å².